The SMILES string of the molecule is Cc1nnc(Sc2ccccc2CN)o1. The van der Waals surface area contributed by atoms with Gasteiger partial charge in [0.25, 0.3) is 5.22 Å². The van der Waals surface area contributed by atoms with Crippen LogP contribution in [0.1, 0.15) is 11.5 Å². The number of benzene rings is 1. The second-order valence-corrected chi connectivity index (χ2v) is 3.99. The molecule has 15 heavy (non-hydrogen) atoms. The molecule has 1 heterocycles. The van der Waals surface area contributed by atoms with Gasteiger partial charge in [-0.2, -0.15) is 0 Å². The van der Waals surface area contributed by atoms with Crippen molar-refractivity contribution in [3.05, 3.63) is 35.7 Å². The zero-order valence-corrected chi connectivity index (χ0v) is 9.12. The molecule has 0 fully saturated rings. The lowest BCUT2D eigenvalue weighted by molar-refractivity contribution is 0.429. The van der Waals surface area contributed by atoms with Crippen LogP contribution in [-0.2, 0) is 6.54 Å². The van der Waals surface area contributed by atoms with Crippen LogP contribution in [0.4, 0.5) is 0 Å². The number of hydrogen-bond acceptors (Lipinski definition) is 5. The normalized spacial score (nSPS) is 10.5. The maximum atomic E-state index is 5.63. The quantitative estimate of drug-likeness (QED) is 0.858. The van der Waals surface area contributed by atoms with Gasteiger partial charge in [-0.05, 0) is 23.4 Å². The molecule has 78 valence electrons. The lowest BCUT2D eigenvalue weighted by Gasteiger charge is -2.02. The fourth-order valence-electron chi connectivity index (χ4n) is 1.19. The molecule has 0 saturated heterocycles. The van der Waals surface area contributed by atoms with Crippen LogP contribution in [0, 0.1) is 6.92 Å². The minimum Gasteiger partial charge on any atom is -0.416 e. The molecule has 0 atom stereocenters. The summed E-state index contributed by atoms with van der Waals surface area (Å²) in [5.41, 5.74) is 6.71. The Morgan fingerprint density at radius 1 is 1.33 bits per heavy atom. The maximum Gasteiger partial charge on any atom is 0.281 e. The standard InChI is InChI=1S/C10H11N3OS/c1-7-12-13-10(14-7)15-9-5-3-2-4-8(9)6-11/h2-5H,6,11H2,1H3. The van der Waals surface area contributed by atoms with Gasteiger partial charge in [0.1, 0.15) is 0 Å². The van der Waals surface area contributed by atoms with E-state index in [4.69, 9.17) is 10.2 Å². The highest BCUT2D eigenvalue weighted by molar-refractivity contribution is 7.99. The number of aromatic nitrogens is 2. The van der Waals surface area contributed by atoms with Crippen molar-refractivity contribution in [3.63, 3.8) is 0 Å². The first-order valence-corrected chi connectivity index (χ1v) is 5.37. The molecule has 2 N–H and O–H groups in total. The highest BCUT2D eigenvalue weighted by Gasteiger charge is 2.07. The van der Waals surface area contributed by atoms with Crippen molar-refractivity contribution in [2.24, 2.45) is 5.73 Å². The van der Waals surface area contributed by atoms with Crippen LogP contribution >= 0.6 is 11.8 Å². The average Bonchev–Trinajstić information content (AvgIpc) is 2.65. The molecule has 0 aliphatic heterocycles. The van der Waals surface area contributed by atoms with E-state index in [1.54, 1.807) is 6.92 Å². The van der Waals surface area contributed by atoms with E-state index >= 15 is 0 Å². The lowest BCUT2D eigenvalue weighted by atomic mass is 10.2. The van der Waals surface area contributed by atoms with Gasteiger partial charge in [0.15, 0.2) is 0 Å². The third-order valence-corrected chi connectivity index (χ3v) is 2.86. The Kier molecular flexibility index (Phi) is 3.03. The summed E-state index contributed by atoms with van der Waals surface area (Å²) in [4.78, 5) is 1.06. The van der Waals surface area contributed by atoms with Crippen LogP contribution in [0.25, 0.3) is 0 Å². The van der Waals surface area contributed by atoms with Gasteiger partial charge in [0.2, 0.25) is 5.89 Å². The largest absolute Gasteiger partial charge is 0.416 e. The summed E-state index contributed by atoms with van der Waals surface area (Å²) in [6.07, 6.45) is 0. The Morgan fingerprint density at radius 2 is 2.13 bits per heavy atom. The molecule has 0 radical (unpaired) electrons. The number of nitrogens with zero attached hydrogens (tertiary/aromatic N) is 2. The predicted molar refractivity (Wildman–Crippen MR) is 57.5 cm³/mol. The zero-order valence-electron chi connectivity index (χ0n) is 8.30. The van der Waals surface area contributed by atoms with Crippen LogP contribution in [0.5, 0.6) is 0 Å². The Hall–Kier alpha value is -1.33. The highest BCUT2D eigenvalue weighted by atomic mass is 32.2. The first-order chi connectivity index (χ1) is 7.29. The molecule has 0 saturated carbocycles. The van der Waals surface area contributed by atoms with E-state index < -0.39 is 0 Å². The monoisotopic (exact) mass is 221 g/mol. The summed E-state index contributed by atoms with van der Waals surface area (Å²) < 4.78 is 5.29. The van der Waals surface area contributed by atoms with Crippen LogP contribution in [-0.4, -0.2) is 10.2 Å². The minimum atomic E-state index is 0.510. The maximum absolute atomic E-state index is 5.63. The van der Waals surface area contributed by atoms with Gasteiger partial charge in [-0.3, -0.25) is 0 Å². The van der Waals surface area contributed by atoms with Gasteiger partial charge in [-0.15, -0.1) is 10.2 Å². The summed E-state index contributed by atoms with van der Waals surface area (Å²) in [5.74, 6) is 0.572. The van der Waals surface area contributed by atoms with Crippen molar-refractivity contribution in [3.8, 4) is 0 Å². The highest BCUT2D eigenvalue weighted by Crippen LogP contribution is 2.28. The van der Waals surface area contributed by atoms with Gasteiger partial charge in [-0.25, -0.2) is 0 Å². The van der Waals surface area contributed by atoms with E-state index in [1.807, 2.05) is 24.3 Å². The van der Waals surface area contributed by atoms with Crippen molar-refractivity contribution < 1.29 is 4.42 Å². The molecule has 2 rings (SSSR count). The van der Waals surface area contributed by atoms with E-state index in [0.29, 0.717) is 17.7 Å². The van der Waals surface area contributed by atoms with Crippen LogP contribution in [0.2, 0.25) is 0 Å². The number of rotatable bonds is 3. The van der Waals surface area contributed by atoms with Gasteiger partial charge in [0.05, 0.1) is 0 Å². The Labute approximate surface area is 91.9 Å². The summed E-state index contributed by atoms with van der Waals surface area (Å²) in [6, 6.07) is 7.91. The van der Waals surface area contributed by atoms with Gasteiger partial charge in [0, 0.05) is 18.4 Å². The van der Waals surface area contributed by atoms with Gasteiger partial charge >= 0.3 is 0 Å². The molecule has 0 spiro atoms. The molecule has 0 aliphatic rings. The Bertz CT molecular complexity index is 455. The smallest absolute Gasteiger partial charge is 0.281 e. The lowest BCUT2D eigenvalue weighted by Crippen LogP contribution is -1.97. The predicted octanol–water partition coefficient (Wildman–Crippen LogP) is 1.99. The molecule has 5 heteroatoms. The van der Waals surface area contributed by atoms with E-state index in [1.165, 1.54) is 11.8 Å². The third-order valence-electron chi connectivity index (χ3n) is 1.90. The summed E-state index contributed by atoms with van der Waals surface area (Å²) >= 11 is 1.44. The van der Waals surface area contributed by atoms with Crippen molar-refractivity contribution in [1.82, 2.24) is 10.2 Å². The molecule has 2 aromatic rings. The molecule has 0 amide bonds. The van der Waals surface area contributed by atoms with Crippen molar-refractivity contribution in [1.29, 1.82) is 0 Å². The minimum absolute atomic E-state index is 0.510. The second kappa shape index (κ2) is 4.46. The molecular formula is C10H11N3OS. The molecule has 0 unspecified atom stereocenters. The summed E-state index contributed by atoms with van der Waals surface area (Å²) in [6.45, 7) is 2.28. The van der Waals surface area contributed by atoms with Crippen LogP contribution in [0.3, 0.4) is 0 Å². The second-order valence-electron chi connectivity index (χ2n) is 3.00. The van der Waals surface area contributed by atoms with E-state index in [2.05, 4.69) is 10.2 Å². The molecule has 0 bridgehead atoms. The van der Waals surface area contributed by atoms with Gasteiger partial charge < -0.3 is 10.2 Å². The van der Waals surface area contributed by atoms with E-state index in [0.717, 1.165) is 10.5 Å². The van der Waals surface area contributed by atoms with Crippen molar-refractivity contribution >= 4 is 11.8 Å². The number of nitrogens with two attached hydrogens (primary N) is 1. The summed E-state index contributed by atoms with van der Waals surface area (Å²) in [7, 11) is 0. The first-order valence-electron chi connectivity index (χ1n) is 4.55. The fourth-order valence-corrected chi connectivity index (χ4v) is 2.05. The fraction of sp³-hybridized carbons (Fsp3) is 0.200. The first kappa shape index (κ1) is 10.2. The van der Waals surface area contributed by atoms with E-state index in [9.17, 15) is 0 Å². The number of aryl methyl sites for hydroxylation is 1. The molecule has 1 aromatic carbocycles. The number of hydrogen-bond donors (Lipinski definition) is 1. The Balaban J connectivity index is 2.23. The molecule has 1 aromatic heterocycles. The van der Waals surface area contributed by atoms with Crippen molar-refractivity contribution in [2.75, 3.05) is 0 Å². The Morgan fingerprint density at radius 3 is 2.80 bits per heavy atom. The molecule has 0 aliphatic carbocycles. The van der Waals surface area contributed by atoms with Crippen molar-refractivity contribution in [2.45, 2.75) is 23.6 Å². The summed E-state index contributed by atoms with van der Waals surface area (Å²) in [5, 5.41) is 8.24. The third kappa shape index (κ3) is 2.37. The molecular weight excluding hydrogens is 210 g/mol. The van der Waals surface area contributed by atoms with Crippen LogP contribution < -0.4 is 5.73 Å². The average molecular weight is 221 g/mol. The molecule has 4 nitrogen and oxygen atoms in total. The van der Waals surface area contributed by atoms with Gasteiger partial charge in [-0.1, -0.05) is 18.2 Å². The zero-order chi connectivity index (χ0) is 10.7. The van der Waals surface area contributed by atoms with Crippen LogP contribution in [0.15, 0.2) is 38.8 Å². The van der Waals surface area contributed by atoms with E-state index in [-0.39, 0.29) is 0 Å². The topological polar surface area (TPSA) is 64.9 Å².